The Labute approximate surface area is 98.6 Å². The summed E-state index contributed by atoms with van der Waals surface area (Å²) in [5.74, 6) is 0. The molecular formula is C10H23N3O2S. The zero-order valence-corrected chi connectivity index (χ0v) is 11.2. The summed E-state index contributed by atoms with van der Waals surface area (Å²) >= 11 is 0. The minimum Gasteiger partial charge on any atom is -0.330 e. The second-order valence-electron chi connectivity index (χ2n) is 5.34. The van der Waals surface area contributed by atoms with Crippen molar-refractivity contribution in [3.63, 3.8) is 0 Å². The van der Waals surface area contributed by atoms with E-state index >= 15 is 0 Å². The predicted octanol–water partition coefficient (Wildman–Crippen LogP) is 0.433. The molecule has 6 heteroatoms. The Morgan fingerprint density at radius 3 is 2.31 bits per heavy atom. The molecular weight excluding hydrogens is 226 g/mol. The van der Waals surface area contributed by atoms with Crippen LogP contribution < -0.4 is 10.5 Å². The first-order valence-electron chi connectivity index (χ1n) is 5.77. The van der Waals surface area contributed by atoms with Crippen molar-refractivity contribution in [2.24, 2.45) is 5.73 Å². The van der Waals surface area contributed by atoms with E-state index in [2.05, 4.69) is 4.72 Å². The van der Waals surface area contributed by atoms with Gasteiger partial charge in [0.05, 0.1) is 0 Å². The third-order valence-corrected chi connectivity index (χ3v) is 4.25. The molecule has 1 aliphatic carbocycles. The van der Waals surface area contributed by atoms with Gasteiger partial charge >= 0.3 is 0 Å². The SMILES string of the molecule is CC(C)(C)NS(=O)(=O)N(CCCN)C1CC1. The molecule has 1 aliphatic rings. The molecule has 0 spiro atoms. The van der Waals surface area contributed by atoms with Gasteiger partial charge in [-0.1, -0.05) is 0 Å². The number of nitrogens with two attached hydrogens (primary N) is 1. The van der Waals surface area contributed by atoms with E-state index in [1.165, 1.54) is 0 Å². The fourth-order valence-corrected chi connectivity index (χ4v) is 3.42. The Bertz CT molecular complexity index is 317. The largest absolute Gasteiger partial charge is 0.330 e. The molecule has 0 aromatic rings. The molecule has 0 bridgehead atoms. The number of nitrogens with zero attached hydrogens (tertiary/aromatic N) is 1. The lowest BCUT2D eigenvalue weighted by Gasteiger charge is -2.27. The first-order chi connectivity index (χ1) is 7.26. The second kappa shape index (κ2) is 5.00. The predicted molar refractivity (Wildman–Crippen MR) is 65.2 cm³/mol. The fourth-order valence-electron chi connectivity index (χ4n) is 1.55. The van der Waals surface area contributed by atoms with Gasteiger partial charge in [-0.05, 0) is 46.6 Å². The monoisotopic (exact) mass is 249 g/mol. The van der Waals surface area contributed by atoms with Crippen molar-refractivity contribution in [1.29, 1.82) is 0 Å². The van der Waals surface area contributed by atoms with Crippen molar-refractivity contribution in [3.8, 4) is 0 Å². The quantitative estimate of drug-likeness (QED) is 0.717. The molecule has 0 amide bonds. The molecule has 0 unspecified atom stereocenters. The topological polar surface area (TPSA) is 75.4 Å². The Hall–Kier alpha value is -0.170. The zero-order valence-electron chi connectivity index (χ0n) is 10.4. The van der Waals surface area contributed by atoms with Gasteiger partial charge in [0.15, 0.2) is 0 Å². The number of hydrogen-bond acceptors (Lipinski definition) is 3. The molecule has 16 heavy (non-hydrogen) atoms. The van der Waals surface area contributed by atoms with Gasteiger partial charge in [0.2, 0.25) is 0 Å². The van der Waals surface area contributed by atoms with Crippen molar-refractivity contribution in [3.05, 3.63) is 0 Å². The Morgan fingerprint density at radius 2 is 1.94 bits per heavy atom. The van der Waals surface area contributed by atoms with Gasteiger partial charge in [-0.3, -0.25) is 0 Å². The van der Waals surface area contributed by atoms with E-state index in [0.29, 0.717) is 19.5 Å². The van der Waals surface area contributed by atoms with Gasteiger partial charge in [-0.25, -0.2) is 0 Å². The Morgan fingerprint density at radius 1 is 1.38 bits per heavy atom. The summed E-state index contributed by atoms with van der Waals surface area (Å²) < 4.78 is 28.5. The molecule has 0 aromatic heterocycles. The van der Waals surface area contributed by atoms with E-state index in [0.717, 1.165) is 12.8 Å². The Balaban J connectivity index is 2.68. The first kappa shape index (κ1) is 13.9. The van der Waals surface area contributed by atoms with Gasteiger partial charge in [0.25, 0.3) is 10.2 Å². The molecule has 0 aromatic carbocycles. The lowest BCUT2D eigenvalue weighted by Crippen LogP contribution is -2.50. The maximum atomic E-state index is 12.1. The number of rotatable bonds is 6. The van der Waals surface area contributed by atoms with Crippen LogP contribution in [0.25, 0.3) is 0 Å². The highest BCUT2D eigenvalue weighted by atomic mass is 32.2. The maximum absolute atomic E-state index is 12.1. The normalized spacial score (nSPS) is 18.1. The highest BCUT2D eigenvalue weighted by Gasteiger charge is 2.38. The average Bonchev–Trinajstić information content (AvgIpc) is 2.83. The van der Waals surface area contributed by atoms with Crippen LogP contribution in [0.2, 0.25) is 0 Å². The van der Waals surface area contributed by atoms with Crippen molar-refractivity contribution in [2.75, 3.05) is 13.1 Å². The summed E-state index contributed by atoms with van der Waals surface area (Å²) in [5.41, 5.74) is 4.99. The average molecular weight is 249 g/mol. The molecule has 1 fully saturated rings. The highest BCUT2D eigenvalue weighted by Crippen LogP contribution is 2.29. The first-order valence-corrected chi connectivity index (χ1v) is 7.21. The van der Waals surface area contributed by atoms with Crippen LogP contribution in [0.4, 0.5) is 0 Å². The van der Waals surface area contributed by atoms with Crippen LogP contribution in [-0.4, -0.2) is 37.4 Å². The van der Waals surface area contributed by atoms with Crippen LogP contribution in [-0.2, 0) is 10.2 Å². The van der Waals surface area contributed by atoms with Crippen LogP contribution in [0.3, 0.4) is 0 Å². The molecule has 0 heterocycles. The second-order valence-corrected chi connectivity index (χ2v) is 6.96. The molecule has 3 N–H and O–H groups in total. The molecule has 0 atom stereocenters. The van der Waals surface area contributed by atoms with Crippen LogP contribution in [0, 0.1) is 0 Å². The fraction of sp³-hybridized carbons (Fsp3) is 1.00. The number of hydrogen-bond donors (Lipinski definition) is 2. The summed E-state index contributed by atoms with van der Waals surface area (Å²) in [6.45, 7) is 6.58. The summed E-state index contributed by atoms with van der Waals surface area (Å²) in [5, 5.41) is 0. The molecule has 1 rings (SSSR count). The molecule has 96 valence electrons. The maximum Gasteiger partial charge on any atom is 0.280 e. The summed E-state index contributed by atoms with van der Waals surface area (Å²) in [6.07, 6.45) is 2.65. The van der Waals surface area contributed by atoms with Crippen LogP contribution in [0.5, 0.6) is 0 Å². The van der Waals surface area contributed by atoms with Gasteiger partial charge < -0.3 is 5.73 Å². The van der Waals surface area contributed by atoms with E-state index in [-0.39, 0.29) is 6.04 Å². The summed E-state index contributed by atoms with van der Waals surface area (Å²) in [4.78, 5) is 0. The lowest BCUT2D eigenvalue weighted by molar-refractivity contribution is 0.375. The molecule has 0 radical (unpaired) electrons. The van der Waals surface area contributed by atoms with Gasteiger partial charge in [0, 0.05) is 18.1 Å². The van der Waals surface area contributed by atoms with Crippen molar-refractivity contribution in [2.45, 2.75) is 51.6 Å². The van der Waals surface area contributed by atoms with E-state index in [9.17, 15) is 8.42 Å². The standard InChI is InChI=1S/C10H23N3O2S/c1-10(2,3)12-16(14,15)13(8-4-7-11)9-5-6-9/h9,12H,4-8,11H2,1-3H3. The molecule has 0 aliphatic heterocycles. The lowest BCUT2D eigenvalue weighted by atomic mass is 10.1. The van der Waals surface area contributed by atoms with Crippen molar-refractivity contribution in [1.82, 2.24) is 9.03 Å². The van der Waals surface area contributed by atoms with Crippen LogP contribution >= 0.6 is 0 Å². The van der Waals surface area contributed by atoms with E-state index < -0.39 is 15.7 Å². The van der Waals surface area contributed by atoms with Crippen molar-refractivity contribution < 1.29 is 8.42 Å². The van der Waals surface area contributed by atoms with E-state index in [1.807, 2.05) is 20.8 Å². The number of nitrogens with one attached hydrogen (secondary N) is 1. The van der Waals surface area contributed by atoms with E-state index in [4.69, 9.17) is 5.73 Å². The zero-order chi connectivity index (χ0) is 12.4. The highest BCUT2D eigenvalue weighted by molar-refractivity contribution is 7.87. The van der Waals surface area contributed by atoms with E-state index in [1.54, 1.807) is 4.31 Å². The van der Waals surface area contributed by atoms with Gasteiger partial charge in [-0.2, -0.15) is 17.4 Å². The van der Waals surface area contributed by atoms with Gasteiger partial charge in [0.1, 0.15) is 0 Å². The van der Waals surface area contributed by atoms with Crippen LogP contribution in [0.1, 0.15) is 40.0 Å². The minimum atomic E-state index is -3.36. The minimum absolute atomic E-state index is 0.186. The van der Waals surface area contributed by atoms with Crippen LogP contribution in [0.15, 0.2) is 0 Å². The summed E-state index contributed by atoms with van der Waals surface area (Å²) in [7, 11) is -3.36. The summed E-state index contributed by atoms with van der Waals surface area (Å²) in [6, 6.07) is 0.186. The third-order valence-electron chi connectivity index (χ3n) is 2.28. The smallest absolute Gasteiger partial charge is 0.280 e. The molecule has 5 nitrogen and oxygen atoms in total. The molecule has 0 saturated heterocycles. The Kier molecular flexibility index (Phi) is 4.34. The van der Waals surface area contributed by atoms with Gasteiger partial charge in [-0.15, -0.1) is 0 Å². The third kappa shape index (κ3) is 4.37. The van der Waals surface area contributed by atoms with Crippen molar-refractivity contribution >= 4 is 10.2 Å². The molecule has 1 saturated carbocycles.